The molecule has 3 nitrogen and oxygen atoms in total. The minimum Gasteiger partial charge on any atom is -0.497 e. The summed E-state index contributed by atoms with van der Waals surface area (Å²) >= 11 is 0. The molecular weight excluding hydrogens is 176 g/mol. The average Bonchev–Trinajstić information content (AvgIpc) is 2.33. The molecule has 1 aliphatic heterocycles. The maximum Gasteiger partial charge on any atom is 0.120 e. The van der Waals surface area contributed by atoms with Crippen molar-refractivity contribution in [2.45, 2.75) is 0 Å². The Bertz CT molecular complexity index is 632. The lowest BCUT2D eigenvalue weighted by atomic mass is 10.2. The van der Waals surface area contributed by atoms with Crippen LogP contribution >= 0.6 is 0 Å². The van der Waals surface area contributed by atoms with E-state index in [2.05, 4.69) is 0 Å². The minimum absolute atomic E-state index is 0.219. The van der Waals surface area contributed by atoms with E-state index in [1.165, 1.54) is 18.2 Å². The molecule has 76 valence electrons. The SMILES string of the molecule is [2H]C([2H])([2H])Oc1cccc(N2C([2H])([2H])C([2H])([2H])NC([2H])([2H])C2([2H])[2H])c1. The Morgan fingerprint density at radius 1 is 1.50 bits per heavy atom. The Labute approximate surface area is 98.8 Å². The third kappa shape index (κ3) is 1.99. The van der Waals surface area contributed by atoms with Crippen molar-refractivity contribution < 1.29 is 19.8 Å². The second kappa shape index (κ2) is 4.33. The van der Waals surface area contributed by atoms with Crippen LogP contribution in [0.2, 0.25) is 0 Å². The number of rotatable bonds is 2. The first-order valence-corrected chi connectivity index (χ1v) is 3.90. The summed E-state index contributed by atoms with van der Waals surface area (Å²) in [5.74, 6) is -0.219. The molecule has 0 aliphatic carbocycles. The van der Waals surface area contributed by atoms with E-state index in [1.54, 1.807) is 5.32 Å². The summed E-state index contributed by atoms with van der Waals surface area (Å²) in [6.45, 7) is -11.9. The lowest BCUT2D eigenvalue weighted by Crippen LogP contribution is -2.43. The van der Waals surface area contributed by atoms with Crippen LogP contribution in [-0.2, 0) is 0 Å². The van der Waals surface area contributed by atoms with E-state index in [0.717, 1.165) is 6.07 Å². The second-order valence-corrected chi connectivity index (χ2v) is 2.53. The Morgan fingerprint density at radius 2 is 2.36 bits per heavy atom. The molecule has 2 rings (SSSR count). The number of ether oxygens (including phenoxy) is 1. The third-order valence-electron chi connectivity index (χ3n) is 1.65. The molecule has 14 heavy (non-hydrogen) atoms. The van der Waals surface area contributed by atoms with Gasteiger partial charge >= 0.3 is 0 Å². The minimum atomic E-state index is -3.00. The van der Waals surface area contributed by atoms with Crippen LogP contribution < -0.4 is 15.0 Å². The van der Waals surface area contributed by atoms with Crippen LogP contribution in [0.1, 0.15) is 15.1 Å². The molecule has 1 heterocycles. The molecule has 0 radical (unpaired) electrons. The van der Waals surface area contributed by atoms with Gasteiger partial charge in [-0.25, -0.2) is 0 Å². The van der Waals surface area contributed by atoms with Gasteiger partial charge in [0.25, 0.3) is 0 Å². The zero-order valence-electron chi connectivity index (χ0n) is 18.2. The summed E-state index contributed by atoms with van der Waals surface area (Å²) in [7, 11) is -2.79. The van der Waals surface area contributed by atoms with E-state index >= 15 is 0 Å². The number of anilines is 1. The summed E-state index contributed by atoms with van der Waals surface area (Å²) in [5.41, 5.74) is -0.272. The molecule has 0 atom stereocenters. The molecule has 1 fully saturated rings. The maximum absolute atomic E-state index is 8.00. The fraction of sp³-hybridized carbons (Fsp3) is 0.455. The number of nitrogens with zero attached hydrogens (tertiary/aromatic N) is 1. The van der Waals surface area contributed by atoms with Crippen LogP contribution in [0.3, 0.4) is 0 Å². The van der Waals surface area contributed by atoms with Crippen LogP contribution in [0.5, 0.6) is 5.75 Å². The number of benzene rings is 1. The van der Waals surface area contributed by atoms with E-state index in [-0.39, 0.29) is 11.4 Å². The lowest BCUT2D eigenvalue weighted by molar-refractivity contribution is 0.414. The van der Waals surface area contributed by atoms with Crippen molar-refractivity contribution in [1.29, 1.82) is 0 Å². The Morgan fingerprint density at radius 3 is 3.14 bits per heavy atom. The predicted octanol–water partition coefficient (Wildman–Crippen LogP) is 1.10. The molecule has 0 amide bonds. The molecule has 0 spiro atoms. The molecule has 1 saturated heterocycles. The molecule has 1 aromatic carbocycles. The second-order valence-electron chi connectivity index (χ2n) is 2.53. The number of piperazine rings is 1. The van der Waals surface area contributed by atoms with Gasteiger partial charge in [-0.05, 0) is 12.1 Å². The first kappa shape index (κ1) is 2.89. The molecule has 1 aliphatic rings. The highest BCUT2D eigenvalue weighted by molar-refractivity contribution is 5.51. The molecular formula is C11H16N2O. The van der Waals surface area contributed by atoms with Crippen LogP contribution in [0, 0.1) is 0 Å². The zero-order chi connectivity index (χ0) is 19.5. The van der Waals surface area contributed by atoms with Gasteiger partial charge in [0.05, 0.1) is 16.6 Å². The number of hydrogen-bond acceptors (Lipinski definition) is 3. The van der Waals surface area contributed by atoms with Gasteiger partial charge in [-0.1, -0.05) is 6.07 Å². The van der Waals surface area contributed by atoms with E-state index in [1.807, 2.05) is 0 Å². The standard InChI is InChI=1S/C11H16N2O/c1-14-11-4-2-3-10(9-11)13-7-5-12-6-8-13/h2-4,9,12H,5-8H2,1H3/i1D3,5D2,6D2,7D2,8D2. The Hall–Kier alpha value is -1.22. The van der Waals surface area contributed by atoms with Crippen LogP contribution in [-0.4, -0.2) is 33.0 Å². The number of nitrogens with one attached hydrogen (secondary N) is 1. The van der Waals surface area contributed by atoms with Crippen molar-refractivity contribution >= 4 is 5.69 Å². The van der Waals surface area contributed by atoms with Crippen molar-refractivity contribution in [3.8, 4) is 5.75 Å². The van der Waals surface area contributed by atoms with Gasteiger partial charge in [-0.3, -0.25) is 0 Å². The highest BCUT2D eigenvalue weighted by Gasteiger charge is 2.10. The molecule has 0 bridgehead atoms. The highest BCUT2D eigenvalue weighted by atomic mass is 16.5. The number of methoxy groups -OCH3 is 1. The topological polar surface area (TPSA) is 24.5 Å². The van der Waals surface area contributed by atoms with Gasteiger partial charge in [0, 0.05) is 43.2 Å². The molecule has 0 aromatic heterocycles. The first-order chi connectivity index (χ1) is 11.0. The maximum atomic E-state index is 8.00. The van der Waals surface area contributed by atoms with Crippen molar-refractivity contribution in [1.82, 2.24) is 5.32 Å². The molecule has 0 saturated carbocycles. The Balaban J connectivity index is 2.59. The number of hydrogen-bond donors (Lipinski definition) is 1. The van der Waals surface area contributed by atoms with Crippen LogP contribution in [0.25, 0.3) is 0 Å². The van der Waals surface area contributed by atoms with E-state index in [4.69, 9.17) is 19.8 Å². The van der Waals surface area contributed by atoms with Crippen molar-refractivity contribution in [3.63, 3.8) is 0 Å². The van der Waals surface area contributed by atoms with Gasteiger partial charge in [-0.15, -0.1) is 0 Å². The van der Waals surface area contributed by atoms with Gasteiger partial charge in [-0.2, -0.15) is 0 Å². The van der Waals surface area contributed by atoms with Crippen molar-refractivity contribution in [2.24, 2.45) is 0 Å². The quantitative estimate of drug-likeness (QED) is 0.779. The van der Waals surface area contributed by atoms with Crippen molar-refractivity contribution in [2.75, 3.05) is 37.9 Å². The van der Waals surface area contributed by atoms with E-state index < -0.39 is 33.0 Å². The van der Waals surface area contributed by atoms with Gasteiger partial charge < -0.3 is 15.0 Å². The largest absolute Gasteiger partial charge is 0.497 e. The first-order valence-electron chi connectivity index (χ1n) is 9.40. The van der Waals surface area contributed by atoms with Crippen molar-refractivity contribution in [3.05, 3.63) is 24.3 Å². The van der Waals surface area contributed by atoms with Crippen LogP contribution in [0.4, 0.5) is 5.69 Å². The summed E-state index contributed by atoms with van der Waals surface area (Å²) in [4.78, 5) is 0.308. The monoisotopic (exact) mass is 203 g/mol. The van der Waals surface area contributed by atoms with Gasteiger partial charge in [0.2, 0.25) is 0 Å². The molecule has 3 heteroatoms. The van der Waals surface area contributed by atoms with E-state index in [0.29, 0.717) is 4.90 Å². The molecule has 0 unspecified atom stereocenters. The summed E-state index contributed by atoms with van der Waals surface area (Å²) in [6.07, 6.45) is 0. The lowest BCUT2D eigenvalue weighted by Gasteiger charge is -2.29. The van der Waals surface area contributed by atoms with Gasteiger partial charge in [0.1, 0.15) is 5.75 Å². The normalized spacial score (nSPS) is 43.7. The molecule has 1 N–H and O–H groups in total. The zero-order valence-corrected chi connectivity index (χ0v) is 7.16. The third-order valence-corrected chi connectivity index (χ3v) is 1.65. The summed E-state index contributed by atoms with van der Waals surface area (Å²) < 4.78 is 89.0. The van der Waals surface area contributed by atoms with E-state index in [9.17, 15) is 0 Å². The smallest absolute Gasteiger partial charge is 0.120 e. The Kier molecular flexibility index (Phi) is 0.893. The fourth-order valence-corrected chi connectivity index (χ4v) is 1.04. The van der Waals surface area contributed by atoms with Crippen LogP contribution in [0.15, 0.2) is 24.3 Å². The predicted molar refractivity (Wildman–Crippen MR) is 58.1 cm³/mol. The highest BCUT2D eigenvalue weighted by Crippen LogP contribution is 2.20. The molecule has 1 aromatic rings. The van der Waals surface area contributed by atoms with Gasteiger partial charge in [0.15, 0.2) is 0 Å². The fourth-order valence-electron chi connectivity index (χ4n) is 1.04. The summed E-state index contributed by atoms with van der Waals surface area (Å²) in [5, 5.41) is 1.72. The summed E-state index contributed by atoms with van der Waals surface area (Å²) in [6, 6.07) is 4.75. The average molecular weight is 203 g/mol.